The van der Waals surface area contributed by atoms with Gasteiger partial charge >= 0.3 is 6.03 Å². The van der Waals surface area contributed by atoms with Gasteiger partial charge in [0, 0.05) is 25.7 Å². The molecule has 1 fully saturated rings. The summed E-state index contributed by atoms with van der Waals surface area (Å²) in [7, 11) is 0. The predicted octanol–water partition coefficient (Wildman–Crippen LogP) is 0.164. The molecule has 0 bridgehead atoms. The van der Waals surface area contributed by atoms with Gasteiger partial charge in [-0.3, -0.25) is 4.90 Å². The van der Waals surface area contributed by atoms with Gasteiger partial charge in [0.05, 0.1) is 6.07 Å². The van der Waals surface area contributed by atoms with Crippen molar-refractivity contribution in [3.63, 3.8) is 0 Å². The van der Waals surface area contributed by atoms with Crippen molar-refractivity contribution in [2.75, 3.05) is 19.6 Å². The van der Waals surface area contributed by atoms with Crippen molar-refractivity contribution in [3.05, 3.63) is 12.7 Å². The molecule has 2 rings (SSSR count). The van der Waals surface area contributed by atoms with Gasteiger partial charge < -0.3 is 4.90 Å². The first kappa shape index (κ1) is 12.5. The van der Waals surface area contributed by atoms with Crippen molar-refractivity contribution in [2.45, 2.75) is 25.9 Å². The van der Waals surface area contributed by atoms with Gasteiger partial charge in [0.2, 0.25) is 0 Å². The van der Waals surface area contributed by atoms with Gasteiger partial charge in [-0.1, -0.05) is 0 Å². The predicted molar refractivity (Wildman–Crippen MR) is 63.6 cm³/mol. The van der Waals surface area contributed by atoms with Crippen LogP contribution in [0.3, 0.4) is 0 Å². The molecule has 0 spiro atoms. The van der Waals surface area contributed by atoms with Gasteiger partial charge in [-0.25, -0.2) is 9.36 Å². The zero-order valence-electron chi connectivity index (χ0n) is 10.5. The van der Waals surface area contributed by atoms with E-state index in [-0.39, 0.29) is 6.03 Å². The monoisotopic (exact) mass is 248 g/mol. The number of amides is 1. The Hall–Kier alpha value is -1.94. The zero-order chi connectivity index (χ0) is 13.1. The summed E-state index contributed by atoms with van der Waals surface area (Å²) in [5.74, 6) is 0. The fourth-order valence-corrected chi connectivity index (χ4v) is 2.06. The minimum atomic E-state index is -0.420. The van der Waals surface area contributed by atoms with Crippen LogP contribution >= 0.6 is 0 Å². The molecule has 0 aromatic carbocycles. The van der Waals surface area contributed by atoms with Crippen LogP contribution in [0.25, 0.3) is 0 Å². The minimum Gasteiger partial charge on any atom is -0.305 e. The first-order valence-corrected chi connectivity index (χ1v) is 5.92. The van der Waals surface area contributed by atoms with Crippen LogP contribution in [0.1, 0.15) is 13.8 Å². The normalized spacial score (nSPS) is 21.0. The summed E-state index contributed by atoms with van der Waals surface area (Å²) in [6.07, 6.45) is 2.71. The van der Waals surface area contributed by atoms with Gasteiger partial charge in [0.15, 0.2) is 0 Å². The van der Waals surface area contributed by atoms with E-state index in [1.807, 2.05) is 0 Å². The lowest BCUT2D eigenvalue weighted by Crippen LogP contribution is -2.56. The van der Waals surface area contributed by atoms with E-state index in [4.69, 9.17) is 0 Å². The maximum Gasteiger partial charge on any atom is 0.331 e. The fraction of sp³-hybridized carbons (Fsp3) is 0.636. The summed E-state index contributed by atoms with van der Waals surface area (Å²) in [6, 6.07) is 1.91. The molecule has 1 atom stereocenters. The molecule has 1 aromatic heterocycles. The van der Waals surface area contributed by atoms with Crippen LogP contribution in [0.4, 0.5) is 4.79 Å². The van der Waals surface area contributed by atoms with E-state index in [1.165, 1.54) is 17.2 Å². The highest BCUT2D eigenvalue weighted by molar-refractivity contribution is 5.77. The number of hydrogen-bond acceptors (Lipinski definition) is 5. The molecule has 0 aliphatic carbocycles. The van der Waals surface area contributed by atoms with Crippen molar-refractivity contribution in [1.82, 2.24) is 24.6 Å². The molecule has 18 heavy (non-hydrogen) atoms. The van der Waals surface area contributed by atoms with Crippen LogP contribution in [0, 0.1) is 11.3 Å². The molecule has 0 saturated carbocycles. The quantitative estimate of drug-likeness (QED) is 0.707. The highest BCUT2D eigenvalue weighted by Crippen LogP contribution is 2.13. The summed E-state index contributed by atoms with van der Waals surface area (Å²) < 4.78 is 1.30. The van der Waals surface area contributed by atoms with Crippen LogP contribution in [0.5, 0.6) is 0 Å². The Labute approximate surface area is 106 Å². The summed E-state index contributed by atoms with van der Waals surface area (Å²) in [5.41, 5.74) is 0. The standard InChI is InChI=1S/C11H16N6O/c1-9(2)15-3-4-17(10(5-12)6-15)11(18)16-7-13-14-8-16/h7-10H,3-4,6H2,1-2H3/t10-/m0/s1. The molecule has 96 valence electrons. The molecule has 1 amide bonds. The second kappa shape index (κ2) is 5.14. The summed E-state index contributed by atoms with van der Waals surface area (Å²) in [4.78, 5) is 15.9. The lowest BCUT2D eigenvalue weighted by molar-refractivity contribution is 0.0969. The van der Waals surface area contributed by atoms with Crippen molar-refractivity contribution < 1.29 is 4.79 Å². The Morgan fingerprint density at radius 1 is 1.39 bits per heavy atom. The van der Waals surface area contributed by atoms with Gasteiger partial charge in [-0.15, -0.1) is 10.2 Å². The Morgan fingerprint density at radius 3 is 2.61 bits per heavy atom. The number of carbonyl (C=O) groups is 1. The average Bonchev–Trinajstić information content (AvgIpc) is 2.90. The molecule has 7 heteroatoms. The van der Waals surface area contributed by atoms with Crippen LogP contribution in [0.2, 0.25) is 0 Å². The third kappa shape index (κ3) is 2.33. The number of nitrogens with zero attached hydrogens (tertiary/aromatic N) is 6. The minimum absolute atomic E-state index is 0.241. The second-order valence-electron chi connectivity index (χ2n) is 4.58. The summed E-state index contributed by atoms with van der Waals surface area (Å²) in [6.45, 7) is 6.09. The Bertz CT molecular complexity index is 449. The number of rotatable bonds is 1. The smallest absolute Gasteiger partial charge is 0.305 e. The maximum absolute atomic E-state index is 12.1. The molecule has 7 nitrogen and oxygen atoms in total. The van der Waals surface area contributed by atoms with Crippen LogP contribution in [0.15, 0.2) is 12.7 Å². The molecule has 1 aliphatic heterocycles. The number of hydrogen-bond donors (Lipinski definition) is 0. The Morgan fingerprint density at radius 2 is 2.06 bits per heavy atom. The van der Waals surface area contributed by atoms with Gasteiger partial charge in [0.1, 0.15) is 18.7 Å². The highest BCUT2D eigenvalue weighted by atomic mass is 16.2. The van der Waals surface area contributed by atoms with Gasteiger partial charge in [-0.2, -0.15) is 5.26 Å². The van der Waals surface area contributed by atoms with E-state index < -0.39 is 6.04 Å². The van der Waals surface area contributed by atoms with E-state index in [0.29, 0.717) is 19.1 Å². The molecule has 1 aliphatic rings. The number of aromatic nitrogens is 3. The summed E-state index contributed by atoms with van der Waals surface area (Å²) >= 11 is 0. The van der Waals surface area contributed by atoms with Crippen molar-refractivity contribution >= 4 is 6.03 Å². The molecule has 0 unspecified atom stereocenters. The molecule has 1 aromatic rings. The van der Waals surface area contributed by atoms with Gasteiger partial charge in [-0.05, 0) is 13.8 Å². The van der Waals surface area contributed by atoms with Crippen molar-refractivity contribution in [2.24, 2.45) is 0 Å². The van der Waals surface area contributed by atoms with Crippen LogP contribution in [-0.2, 0) is 0 Å². The molecule has 0 N–H and O–H groups in total. The maximum atomic E-state index is 12.1. The first-order valence-electron chi connectivity index (χ1n) is 5.92. The summed E-state index contributed by atoms with van der Waals surface area (Å²) in [5, 5.41) is 16.4. The fourth-order valence-electron chi connectivity index (χ4n) is 2.06. The molecule has 0 radical (unpaired) electrons. The third-order valence-electron chi connectivity index (χ3n) is 3.18. The topological polar surface area (TPSA) is 78.1 Å². The molecule has 2 heterocycles. The van der Waals surface area contributed by atoms with E-state index in [1.54, 1.807) is 4.90 Å². The number of nitriles is 1. The number of carbonyl (C=O) groups excluding carboxylic acids is 1. The molecular formula is C11H16N6O. The van der Waals surface area contributed by atoms with Crippen LogP contribution < -0.4 is 0 Å². The lowest BCUT2D eigenvalue weighted by atomic mass is 10.1. The Balaban J connectivity index is 2.11. The molecular weight excluding hydrogens is 232 g/mol. The largest absolute Gasteiger partial charge is 0.331 e. The van der Waals surface area contributed by atoms with E-state index in [0.717, 1.165) is 6.54 Å². The second-order valence-corrected chi connectivity index (χ2v) is 4.58. The highest BCUT2D eigenvalue weighted by Gasteiger charge is 2.32. The molecule has 1 saturated heterocycles. The Kier molecular flexibility index (Phi) is 3.58. The van der Waals surface area contributed by atoms with E-state index in [9.17, 15) is 10.1 Å². The lowest BCUT2D eigenvalue weighted by Gasteiger charge is -2.39. The number of piperazine rings is 1. The third-order valence-corrected chi connectivity index (χ3v) is 3.18. The van der Waals surface area contributed by atoms with Crippen LogP contribution in [-0.4, -0.2) is 62.3 Å². The average molecular weight is 248 g/mol. The van der Waals surface area contributed by atoms with Crippen molar-refractivity contribution in [1.29, 1.82) is 5.26 Å². The van der Waals surface area contributed by atoms with Crippen molar-refractivity contribution in [3.8, 4) is 6.07 Å². The van der Waals surface area contributed by atoms with E-state index in [2.05, 4.69) is 35.0 Å². The first-order chi connectivity index (χ1) is 8.63. The van der Waals surface area contributed by atoms with E-state index >= 15 is 0 Å². The SMILES string of the molecule is CC(C)N1CCN(C(=O)n2cnnc2)[C@@H](C#N)C1. The zero-order valence-corrected chi connectivity index (χ0v) is 10.5. The van der Waals surface area contributed by atoms with Gasteiger partial charge in [0.25, 0.3) is 0 Å².